The zero-order valence-electron chi connectivity index (χ0n) is 6.04. The van der Waals surface area contributed by atoms with Gasteiger partial charge in [0.2, 0.25) is 0 Å². The SMILES string of the molecule is COc1ccc(F)c([CH]O)c1. The quantitative estimate of drug-likeness (QED) is 0.704. The maximum absolute atomic E-state index is 12.7. The molecule has 0 aliphatic carbocycles. The molecule has 1 rings (SSSR count). The molecule has 0 spiro atoms. The smallest absolute Gasteiger partial charge is 0.129 e. The first-order valence-corrected chi connectivity index (χ1v) is 3.09. The molecule has 0 saturated heterocycles. The van der Waals surface area contributed by atoms with E-state index in [1.54, 1.807) is 0 Å². The molecule has 0 amide bonds. The fourth-order valence-electron chi connectivity index (χ4n) is 0.748. The highest BCUT2D eigenvalue weighted by molar-refractivity contribution is 5.32. The summed E-state index contributed by atoms with van der Waals surface area (Å²) in [5, 5.41) is 8.52. The molecule has 0 atom stereocenters. The second-order valence-electron chi connectivity index (χ2n) is 2.02. The van der Waals surface area contributed by atoms with Gasteiger partial charge in [0.15, 0.2) is 0 Å². The molecule has 1 N–H and O–H groups in total. The first-order chi connectivity index (χ1) is 5.27. The average Bonchev–Trinajstić information content (AvgIpc) is 2.05. The van der Waals surface area contributed by atoms with Crippen molar-refractivity contribution >= 4 is 0 Å². The summed E-state index contributed by atoms with van der Waals surface area (Å²) >= 11 is 0. The predicted octanol–water partition coefficient (Wildman–Crippen LogP) is 1.72. The fourth-order valence-corrected chi connectivity index (χ4v) is 0.748. The topological polar surface area (TPSA) is 29.5 Å². The summed E-state index contributed by atoms with van der Waals surface area (Å²) in [4.78, 5) is 0. The van der Waals surface area contributed by atoms with Gasteiger partial charge in [-0.25, -0.2) is 4.39 Å². The molecule has 0 aromatic heterocycles. The number of halogens is 1. The van der Waals surface area contributed by atoms with Crippen LogP contribution in [0.5, 0.6) is 5.75 Å². The van der Waals surface area contributed by atoms with Gasteiger partial charge in [0.25, 0.3) is 0 Å². The Balaban J connectivity index is 3.02. The number of aliphatic hydroxyl groups is 1. The van der Waals surface area contributed by atoms with Gasteiger partial charge in [0.1, 0.15) is 18.2 Å². The van der Waals surface area contributed by atoms with Crippen LogP contribution in [0.15, 0.2) is 18.2 Å². The summed E-state index contributed by atoms with van der Waals surface area (Å²) < 4.78 is 17.5. The van der Waals surface area contributed by atoms with Crippen molar-refractivity contribution in [2.45, 2.75) is 0 Å². The number of benzene rings is 1. The van der Waals surface area contributed by atoms with Crippen LogP contribution in [0.1, 0.15) is 5.56 Å². The van der Waals surface area contributed by atoms with Crippen molar-refractivity contribution in [3.63, 3.8) is 0 Å². The normalized spacial score (nSPS) is 9.73. The molecule has 0 bridgehead atoms. The second-order valence-corrected chi connectivity index (χ2v) is 2.02. The van der Waals surface area contributed by atoms with Gasteiger partial charge >= 0.3 is 0 Å². The van der Waals surface area contributed by atoms with Crippen LogP contribution in [0.25, 0.3) is 0 Å². The molecule has 11 heavy (non-hydrogen) atoms. The highest BCUT2D eigenvalue weighted by atomic mass is 19.1. The first-order valence-electron chi connectivity index (χ1n) is 3.09. The minimum Gasteiger partial charge on any atom is -0.497 e. The molecule has 0 unspecified atom stereocenters. The van der Waals surface area contributed by atoms with Crippen molar-refractivity contribution in [1.29, 1.82) is 0 Å². The van der Waals surface area contributed by atoms with Crippen LogP contribution in [0.4, 0.5) is 4.39 Å². The van der Waals surface area contributed by atoms with Crippen LogP contribution in [0.3, 0.4) is 0 Å². The number of rotatable bonds is 2. The van der Waals surface area contributed by atoms with Gasteiger partial charge in [0.05, 0.1) is 7.11 Å². The van der Waals surface area contributed by atoms with Crippen LogP contribution >= 0.6 is 0 Å². The highest BCUT2D eigenvalue weighted by Gasteiger charge is 2.01. The monoisotopic (exact) mass is 155 g/mol. The summed E-state index contributed by atoms with van der Waals surface area (Å²) in [6.07, 6.45) is 0. The number of hydrogen-bond acceptors (Lipinski definition) is 2. The number of aliphatic hydroxyl groups excluding tert-OH is 1. The molecule has 0 fully saturated rings. The molecular formula is C8H8FO2. The molecule has 0 heterocycles. The van der Waals surface area contributed by atoms with Gasteiger partial charge in [-0.15, -0.1) is 0 Å². The highest BCUT2D eigenvalue weighted by Crippen LogP contribution is 2.16. The van der Waals surface area contributed by atoms with Crippen molar-refractivity contribution in [3.05, 3.63) is 36.2 Å². The number of ether oxygens (including phenoxy) is 1. The first kappa shape index (κ1) is 8.01. The lowest BCUT2D eigenvalue weighted by Gasteiger charge is -2.01. The average molecular weight is 155 g/mol. The van der Waals surface area contributed by atoms with Gasteiger partial charge in [0, 0.05) is 5.56 Å². The lowest BCUT2D eigenvalue weighted by Crippen LogP contribution is -1.89. The third-order valence-electron chi connectivity index (χ3n) is 1.34. The Labute approximate surface area is 64.2 Å². The third kappa shape index (κ3) is 1.68. The van der Waals surface area contributed by atoms with Gasteiger partial charge < -0.3 is 9.84 Å². The van der Waals surface area contributed by atoms with Crippen LogP contribution in [-0.4, -0.2) is 12.2 Å². The summed E-state index contributed by atoms with van der Waals surface area (Å²) in [5.74, 6) is 0.0556. The van der Waals surface area contributed by atoms with E-state index in [2.05, 4.69) is 0 Å². The van der Waals surface area contributed by atoms with Crippen molar-refractivity contribution < 1.29 is 14.2 Å². The van der Waals surface area contributed by atoms with E-state index >= 15 is 0 Å². The van der Waals surface area contributed by atoms with E-state index in [1.807, 2.05) is 0 Å². The molecule has 0 aliphatic rings. The van der Waals surface area contributed by atoms with Gasteiger partial charge in [-0.2, -0.15) is 0 Å². The molecule has 0 saturated carbocycles. The zero-order chi connectivity index (χ0) is 8.27. The Bertz CT molecular complexity index is 248. The predicted molar refractivity (Wildman–Crippen MR) is 38.3 cm³/mol. The minimum atomic E-state index is -0.465. The van der Waals surface area contributed by atoms with E-state index in [0.717, 1.165) is 0 Å². The van der Waals surface area contributed by atoms with E-state index in [4.69, 9.17) is 9.84 Å². The Hall–Kier alpha value is -1.09. The standard InChI is InChI=1S/C8H8FO2/c1-11-7-2-3-8(9)6(4-7)5-10/h2-5,10H,1H3. The molecule has 1 aromatic rings. The molecule has 59 valence electrons. The fraction of sp³-hybridized carbons (Fsp3) is 0.125. The molecule has 1 radical (unpaired) electrons. The molecule has 0 aliphatic heterocycles. The van der Waals surface area contributed by atoms with Crippen molar-refractivity contribution in [3.8, 4) is 5.75 Å². The van der Waals surface area contributed by atoms with Crippen LogP contribution in [0.2, 0.25) is 0 Å². The summed E-state index contributed by atoms with van der Waals surface area (Å²) in [7, 11) is 1.48. The van der Waals surface area contributed by atoms with E-state index in [9.17, 15) is 4.39 Å². The summed E-state index contributed by atoms with van der Waals surface area (Å²) in [6.45, 7) is 0.706. The summed E-state index contributed by atoms with van der Waals surface area (Å²) in [5.41, 5.74) is 0.129. The summed E-state index contributed by atoms with van der Waals surface area (Å²) in [6, 6.07) is 4.14. The van der Waals surface area contributed by atoms with Gasteiger partial charge in [-0.1, -0.05) is 0 Å². The van der Waals surface area contributed by atoms with Crippen LogP contribution in [-0.2, 0) is 0 Å². The Morgan fingerprint density at radius 3 is 2.82 bits per heavy atom. The zero-order valence-corrected chi connectivity index (χ0v) is 6.04. The Kier molecular flexibility index (Phi) is 2.44. The van der Waals surface area contributed by atoms with Crippen LogP contribution < -0.4 is 4.74 Å². The van der Waals surface area contributed by atoms with E-state index in [1.165, 1.54) is 25.3 Å². The lowest BCUT2D eigenvalue weighted by molar-refractivity contribution is 0.397. The Morgan fingerprint density at radius 1 is 1.55 bits per heavy atom. The maximum atomic E-state index is 12.7. The molecule has 3 heteroatoms. The molecular weight excluding hydrogens is 147 g/mol. The van der Waals surface area contributed by atoms with Crippen molar-refractivity contribution in [2.24, 2.45) is 0 Å². The molecule has 1 aromatic carbocycles. The van der Waals surface area contributed by atoms with Crippen molar-refractivity contribution in [2.75, 3.05) is 7.11 Å². The number of hydrogen-bond donors (Lipinski definition) is 1. The van der Waals surface area contributed by atoms with E-state index in [0.29, 0.717) is 12.4 Å². The van der Waals surface area contributed by atoms with Crippen molar-refractivity contribution in [1.82, 2.24) is 0 Å². The largest absolute Gasteiger partial charge is 0.497 e. The van der Waals surface area contributed by atoms with Crippen LogP contribution in [0, 0.1) is 12.4 Å². The van der Waals surface area contributed by atoms with E-state index < -0.39 is 5.82 Å². The van der Waals surface area contributed by atoms with Gasteiger partial charge in [-0.05, 0) is 18.2 Å². The Morgan fingerprint density at radius 2 is 2.27 bits per heavy atom. The molecule has 2 nitrogen and oxygen atoms in total. The number of methoxy groups -OCH3 is 1. The van der Waals surface area contributed by atoms with Gasteiger partial charge in [-0.3, -0.25) is 0 Å². The second kappa shape index (κ2) is 3.34. The third-order valence-corrected chi connectivity index (χ3v) is 1.34. The maximum Gasteiger partial charge on any atom is 0.129 e. The minimum absolute atomic E-state index is 0.129. The lowest BCUT2D eigenvalue weighted by atomic mass is 10.2. The van der Waals surface area contributed by atoms with E-state index in [-0.39, 0.29) is 5.56 Å².